The Morgan fingerprint density at radius 3 is 2.62 bits per heavy atom. The van der Waals surface area contributed by atoms with Crippen molar-refractivity contribution in [1.29, 1.82) is 0 Å². The first-order valence-corrected chi connectivity index (χ1v) is 9.28. The van der Waals surface area contributed by atoms with Gasteiger partial charge in [-0.1, -0.05) is 41.6 Å². The number of aromatic nitrogens is 4. The van der Waals surface area contributed by atoms with E-state index in [1.807, 2.05) is 41.4 Å². The van der Waals surface area contributed by atoms with Gasteiger partial charge in [-0.15, -0.1) is 0 Å². The lowest BCUT2D eigenvalue weighted by molar-refractivity contribution is 0.365. The third kappa shape index (κ3) is 3.35. The number of thioether (sulfide) groups is 1. The van der Waals surface area contributed by atoms with Gasteiger partial charge in [-0.3, -0.25) is 0 Å². The van der Waals surface area contributed by atoms with Crippen LogP contribution in [0.5, 0.6) is 0 Å². The molecule has 2 heterocycles. The average Bonchev–Trinajstić information content (AvgIpc) is 2.97. The summed E-state index contributed by atoms with van der Waals surface area (Å²) in [6, 6.07) is 7.79. The van der Waals surface area contributed by atoms with E-state index in [-0.39, 0.29) is 5.54 Å². The normalized spacial score (nSPS) is 11.9. The number of anilines is 1. The third-order valence-corrected chi connectivity index (χ3v) is 4.55. The van der Waals surface area contributed by atoms with Crippen molar-refractivity contribution in [2.45, 2.75) is 38.0 Å². The van der Waals surface area contributed by atoms with E-state index in [2.05, 4.69) is 41.2 Å². The summed E-state index contributed by atoms with van der Waals surface area (Å²) in [5, 5.41) is 10.3. The van der Waals surface area contributed by atoms with E-state index < -0.39 is 0 Å². The molecule has 1 N–H and O–H groups in total. The maximum Gasteiger partial charge on any atom is 0.191 e. The molecule has 7 heteroatoms. The fourth-order valence-electron chi connectivity index (χ4n) is 2.43. The average molecular weight is 362 g/mol. The summed E-state index contributed by atoms with van der Waals surface area (Å²) in [7, 11) is 0. The molecule has 0 aliphatic rings. The largest absolute Gasteiger partial charge is 0.365 e. The molecule has 0 atom stereocenters. The Morgan fingerprint density at radius 1 is 1.21 bits per heavy atom. The monoisotopic (exact) mass is 361 g/mol. The Bertz CT molecular complexity index is 869. The Hall–Kier alpha value is -1.79. The summed E-state index contributed by atoms with van der Waals surface area (Å²) in [5.41, 5.74) is 1.72. The number of hydrogen-bond acceptors (Lipinski definition) is 5. The molecule has 1 aromatic carbocycles. The van der Waals surface area contributed by atoms with Gasteiger partial charge in [0.1, 0.15) is 5.82 Å². The second-order valence-corrected chi connectivity index (χ2v) is 7.65. The smallest absolute Gasteiger partial charge is 0.191 e. The quantitative estimate of drug-likeness (QED) is 0.545. The number of halogens is 1. The lowest BCUT2D eigenvalue weighted by atomic mass is 10.1. The van der Waals surface area contributed by atoms with Gasteiger partial charge in [0.05, 0.1) is 17.1 Å². The van der Waals surface area contributed by atoms with Crippen molar-refractivity contribution >= 4 is 40.2 Å². The second kappa shape index (κ2) is 6.61. The van der Waals surface area contributed by atoms with Crippen LogP contribution in [-0.2, 0) is 12.1 Å². The molecule has 0 amide bonds. The van der Waals surface area contributed by atoms with Crippen LogP contribution >= 0.6 is 23.4 Å². The highest BCUT2D eigenvalue weighted by molar-refractivity contribution is 7.98. The second-order valence-electron chi connectivity index (χ2n) is 6.47. The van der Waals surface area contributed by atoms with Gasteiger partial charge in [-0.2, -0.15) is 5.10 Å². The molecule has 5 nitrogen and oxygen atoms in total. The number of fused-ring (bicyclic) bond motifs is 1. The van der Waals surface area contributed by atoms with Crippen molar-refractivity contribution in [1.82, 2.24) is 19.7 Å². The maximum atomic E-state index is 6.24. The van der Waals surface area contributed by atoms with E-state index in [0.29, 0.717) is 6.54 Å². The van der Waals surface area contributed by atoms with E-state index in [0.717, 1.165) is 32.6 Å². The molecule has 0 saturated heterocycles. The lowest BCUT2D eigenvalue weighted by Gasteiger charge is -2.20. The summed E-state index contributed by atoms with van der Waals surface area (Å²) in [5.74, 6) is 0.778. The summed E-state index contributed by atoms with van der Waals surface area (Å²) in [6.07, 6.45) is 3.79. The van der Waals surface area contributed by atoms with Crippen molar-refractivity contribution in [3.05, 3.63) is 41.0 Å². The minimum Gasteiger partial charge on any atom is -0.365 e. The Balaban J connectivity index is 2.01. The van der Waals surface area contributed by atoms with E-state index in [9.17, 15) is 0 Å². The molecule has 0 saturated carbocycles. The van der Waals surface area contributed by atoms with Crippen molar-refractivity contribution in [3.63, 3.8) is 0 Å². The SMILES string of the molecule is CSc1nc(NCc2ccccc2Cl)c2cnn(C(C)(C)C)c2n1. The van der Waals surface area contributed by atoms with Gasteiger partial charge in [0.2, 0.25) is 0 Å². The highest BCUT2D eigenvalue weighted by Gasteiger charge is 2.20. The van der Waals surface area contributed by atoms with Crippen molar-refractivity contribution < 1.29 is 0 Å². The molecular weight excluding hydrogens is 342 g/mol. The molecule has 0 spiro atoms. The van der Waals surface area contributed by atoms with Crippen LogP contribution in [0.25, 0.3) is 11.0 Å². The summed E-state index contributed by atoms with van der Waals surface area (Å²) >= 11 is 7.75. The van der Waals surface area contributed by atoms with E-state index in [1.165, 1.54) is 11.8 Å². The predicted molar refractivity (Wildman–Crippen MR) is 101 cm³/mol. The van der Waals surface area contributed by atoms with Crippen LogP contribution in [0, 0.1) is 0 Å². The molecule has 126 valence electrons. The van der Waals surface area contributed by atoms with Crippen molar-refractivity contribution in [3.8, 4) is 0 Å². The van der Waals surface area contributed by atoms with E-state index in [4.69, 9.17) is 11.6 Å². The van der Waals surface area contributed by atoms with Crippen LogP contribution in [0.3, 0.4) is 0 Å². The number of nitrogens with zero attached hydrogens (tertiary/aromatic N) is 4. The number of benzene rings is 1. The Kier molecular flexibility index (Phi) is 4.69. The fraction of sp³-hybridized carbons (Fsp3) is 0.353. The van der Waals surface area contributed by atoms with Crippen LogP contribution in [-0.4, -0.2) is 26.0 Å². The number of rotatable bonds is 4. The highest BCUT2D eigenvalue weighted by Crippen LogP contribution is 2.27. The molecule has 0 unspecified atom stereocenters. The van der Waals surface area contributed by atoms with Crippen LogP contribution < -0.4 is 5.32 Å². The van der Waals surface area contributed by atoms with Gasteiger partial charge in [0.15, 0.2) is 10.8 Å². The first-order chi connectivity index (χ1) is 11.4. The van der Waals surface area contributed by atoms with Gasteiger partial charge >= 0.3 is 0 Å². The summed E-state index contributed by atoms with van der Waals surface area (Å²) in [4.78, 5) is 9.24. The Labute approximate surface area is 150 Å². The molecule has 3 rings (SSSR count). The van der Waals surface area contributed by atoms with Gasteiger partial charge < -0.3 is 5.32 Å². The predicted octanol–water partition coefficient (Wildman–Crippen LogP) is 4.57. The maximum absolute atomic E-state index is 6.24. The van der Waals surface area contributed by atoms with Gasteiger partial charge in [0, 0.05) is 11.6 Å². The van der Waals surface area contributed by atoms with Crippen LogP contribution in [0.2, 0.25) is 5.02 Å². The van der Waals surface area contributed by atoms with Gasteiger partial charge in [-0.25, -0.2) is 14.6 Å². The molecule has 0 fully saturated rings. The molecule has 0 radical (unpaired) electrons. The minimum atomic E-state index is -0.147. The summed E-state index contributed by atoms with van der Waals surface area (Å²) in [6.45, 7) is 6.92. The minimum absolute atomic E-state index is 0.147. The molecule has 0 aliphatic carbocycles. The third-order valence-electron chi connectivity index (χ3n) is 3.63. The number of hydrogen-bond donors (Lipinski definition) is 1. The standard InChI is InChI=1S/C17H20ClN5S/c1-17(2,3)23-15-12(10-20-23)14(21-16(22-15)24-4)19-9-11-7-5-6-8-13(11)18/h5-8,10H,9H2,1-4H3,(H,19,21,22). The highest BCUT2D eigenvalue weighted by atomic mass is 35.5. The first kappa shape index (κ1) is 17.0. The van der Waals surface area contributed by atoms with Crippen LogP contribution in [0.15, 0.2) is 35.6 Å². The molecule has 2 aromatic heterocycles. The molecule has 24 heavy (non-hydrogen) atoms. The van der Waals surface area contributed by atoms with E-state index in [1.54, 1.807) is 0 Å². The fourth-order valence-corrected chi connectivity index (χ4v) is 2.99. The Morgan fingerprint density at radius 2 is 1.96 bits per heavy atom. The van der Waals surface area contributed by atoms with Crippen LogP contribution in [0.1, 0.15) is 26.3 Å². The van der Waals surface area contributed by atoms with Gasteiger partial charge in [-0.05, 0) is 38.7 Å². The van der Waals surface area contributed by atoms with Crippen molar-refractivity contribution in [2.75, 3.05) is 11.6 Å². The number of nitrogens with one attached hydrogen (secondary N) is 1. The van der Waals surface area contributed by atoms with Crippen LogP contribution in [0.4, 0.5) is 5.82 Å². The zero-order valence-corrected chi connectivity index (χ0v) is 15.7. The molecule has 0 aliphatic heterocycles. The zero-order chi connectivity index (χ0) is 17.3. The van der Waals surface area contributed by atoms with E-state index >= 15 is 0 Å². The molecule has 3 aromatic rings. The lowest BCUT2D eigenvalue weighted by Crippen LogP contribution is -2.23. The first-order valence-electron chi connectivity index (χ1n) is 7.67. The molecule has 0 bridgehead atoms. The summed E-state index contributed by atoms with van der Waals surface area (Å²) < 4.78 is 1.93. The van der Waals surface area contributed by atoms with Gasteiger partial charge in [0.25, 0.3) is 0 Å². The molecular formula is C17H20ClN5S. The topological polar surface area (TPSA) is 55.6 Å². The van der Waals surface area contributed by atoms with Crippen molar-refractivity contribution in [2.24, 2.45) is 0 Å². The zero-order valence-electron chi connectivity index (χ0n) is 14.2.